The van der Waals surface area contributed by atoms with Crippen LogP contribution in [0.5, 0.6) is 11.5 Å². The molecule has 0 bridgehead atoms. The van der Waals surface area contributed by atoms with Crippen molar-refractivity contribution in [2.45, 2.75) is 45.2 Å². The minimum Gasteiger partial charge on any atom is -0.489 e. The van der Waals surface area contributed by atoms with Crippen molar-refractivity contribution in [3.05, 3.63) is 22.7 Å². The first kappa shape index (κ1) is 16.9. The number of carbonyl (C=O) groups is 2. The zero-order valence-electron chi connectivity index (χ0n) is 13.9. The van der Waals surface area contributed by atoms with E-state index in [1.807, 2.05) is 13.8 Å². The number of fused-ring (bicyclic) bond motifs is 1. The second-order valence-corrected chi connectivity index (χ2v) is 6.47. The predicted octanol–water partition coefficient (Wildman–Crippen LogP) is 3.11. The molecule has 0 aromatic heterocycles. The summed E-state index contributed by atoms with van der Waals surface area (Å²) in [7, 11) is 0. The molecular weight excluding hydrogens is 332 g/mol. The van der Waals surface area contributed by atoms with Crippen LogP contribution in [0.3, 0.4) is 0 Å². The Hall–Kier alpha value is -1.95. The quantitative estimate of drug-likeness (QED) is 0.845. The van der Waals surface area contributed by atoms with Crippen molar-refractivity contribution in [1.82, 2.24) is 10.2 Å². The molecule has 1 aromatic rings. The number of ether oxygens (including phenoxy) is 2. The molecule has 0 radical (unpaired) electrons. The first-order valence-corrected chi connectivity index (χ1v) is 8.60. The zero-order valence-corrected chi connectivity index (χ0v) is 14.6. The standard InChI is InChI=1S/C17H21ClN2O4/c1-3-17(4-2)15(21)20(16(22)19-17)10-11-8-12(18)14-13(9-11)23-6-5-7-24-14/h8-9H,3-7,10H2,1-2H3,(H,19,22). The fourth-order valence-electron chi connectivity index (χ4n) is 3.11. The van der Waals surface area contributed by atoms with E-state index in [0.717, 1.165) is 12.0 Å². The fraction of sp³-hybridized carbons (Fsp3) is 0.529. The maximum atomic E-state index is 12.7. The molecule has 6 nitrogen and oxygen atoms in total. The summed E-state index contributed by atoms with van der Waals surface area (Å²) in [6.45, 7) is 5.05. The van der Waals surface area contributed by atoms with Crippen LogP contribution in [0.2, 0.25) is 5.02 Å². The summed E-state index contributed by atoms with van der Waals surface area (Å²) >= 11 is 6.28. The zero-order chi connectivity index (χ0) is 17.3. The number of rotatable bonds is 4. The molecule has 7 heteroatoms. The van der Waals surface area contributed by atoms with Crippen molar-refractivity contribution in [3.63, 3.8) is 0 Å². The average Bonchev–Trinajstić information content (AvgIpc) is 2.74. The van der Waals surface area contributed by atoms with Gasteiger partial charge in [-0.2, -0.15) is 0 Å². The SMILES string of the molecule is CCC1(CC)NC(=O)N(Cc2cc(Cl)c3c(c2)OCCCO3)C1=O. The van der Waals surface area contributed by atoms with Gasteiger partial charge in [-0.1, -0.05) is 25.4 Å². The lowest BCUT2D eigenvalue weighted by Gasteiger charge is -2.23. The van der Waals surface area contributed by atoms with Crippen LogP contribution in [0.15, 0.2) is 12.1 Å². The van der Waals surface area contributed by atoms with Crippen LogP contribution in [0.1, 0.15) is 38.7 Å². The van der Waals surface area contributed by atoms with Crippen LogP contribution < -0.4 is 14.8 Å². The topological polar surface area (TPSA) is 67.9 Å². The highest BCUT2D eigenvalue weighted by molar-refractivity contribution is 6.32. The lowest BCUT2D eigenvalue weighted by molar-refractivity contribution is -0.132. The number of urea groups is 1. The molecule has 0 saturated carbocycles. The summed E-state index contributed by atoms with van der Waals surface area (Å²) in [5, 5.41) is 3.25. The van der Waals surface area contributed by atoms with Gasteiger partial charge in [0.15, 0.2) is 11.5 Å². The number of carbonyl (C=O) groups excluding carboxylic acids is 2. The van der Waals surface area contributed by atoms with E-state index >= 15 is 0 Å². The van der Waals surface area contributed by atoms with Gasteiger partial charge in [-0.05, 0) is 30.5 Å². The summed E-state index contributed by atoms with van der Waals surface area (Å²) in [5.41, 5.74) is -0.0672. The molecule has 2 aliphatic heterocycles. The monoisotopic (exact) mass is 352 g/mol. The first-order chi connectivity index (χ1) is 11.5. The Bertz CT molecular complexity index is 673. The highest BCUT2D eigenvalue weighted by Gasteiger charge is 2.48. The van der Waals surface area contributed by atoms with Gasteiger partial charge in [0, 0.05) is 6.42 Å². The number of halogens is 1. The number of benzene rings is 1. The molecule has 3 rings (SSSR count). The lowest BCUT2D eigenvalue weighted by atomic mass is 9.93. The third kappa shape index (κ3) is 2.79. The Morgan fingerprint density at radius 2 is 1.92 bits per heavy atom. The van der Waals surface area contributed by atoms with Gasteiger partial charge in [-0.3, -0.25) is 9.69 Å². The number of hydrogen-bond donors (Lipinski definition) is 1. The molecule has 130 valence electrons. The van der Waals surface area contributed by atoms with Crippen molar-refractivity contribution in [3.8, 4) is 11.5 Å². The largest absolute Gasteiger partial charge is 0.489 e. The summed E-state index contributed by atoms with van der Waals surface area (Å²) in [4.78, 5) is 26.2. The smallest absolute Gasteiger partial charge is 0.325 e. The Morgan fingerprint density at radius 1 is 1.21 bits per heavy atom. The maximum absolute atomic E-state index is 12.7. The molecular formula is C17H21ClN2O4. The Kier molecular flexibility index (Phi) is 4.58. The number of nitrogens with zero attached hydrogens (tertiary/aromatic N) is 1. The number of nitrogens with one attached hydrogen (secondary N) is 1. The number of amides is 3. The Morgan fingerprint density at radius 3 is 2.58 bits per heavy atom. The summed E-state index contributed by atoms with van der Waals surface area (Å²) in [6, 6.07) is 3.13. The Labute approximate surface area is 146 Å². The molecule has 24 heavy (non-hydrogen) atoms. The highest BCUT2D eigenvalue weighted by atomic mass is 35.5. The van der Waals surface area contributed by atoms with E-state index < -0.39 is 5.54 Å². The van der Waals surface area contributed by atoms with E-state index in [4.69, 9.17) is 21.1 Å². The van der Waals surface area contributed by atoms with Gasteiger partial charge in [-0.15, -0.1) is 0 Å². The summed E-state index contributed by atoms with van der Waals surface area (Å²) in [6.07, 6.45) is 1.90. The fourth-order valence-corrected chi connectivity index (χ4v) is 3.39. The molecule has 0 aliphatic carbocycles. The van der Waals surface area contributed by atoms with Gasteiger partial charge in [-0.25, -0.2) is 4.79 Å². The minimum absolute atomic E-state index is 0.156. The second kappa shape index (κ2) is 6.51. The minimum atomic E-state index is -0.799. The van der Waals surface area contributed by atoms with Gasteiger partial charge in [0.1, 0.15) is 5.54 Å². The predicted molar refractivity (Wildman–Crippen MR) is 89.5 cm³/mol. The molecule has 0 unspecified atom stereocenters. The van der Waals surface area contributed by atoms with E-state index in [9.17, 15) is 9.59 Å². The van der Waals surface area contributed by atoms with Crippen molar-refractivity contribution >= 4 is 23.5 Å². The molecule has 1 fully saturated rings. The normalized spacial score (nSPS) is 19.2. The van der Waals surface area contributed by atoms with Crippen molar-refractivity contribution in [1.29, 1.82) is 0 Å². The van der Waals surface area contributed by atoms with Crippen LogP contribution in [0.4, 0.5) is 4.79 Å². The van der Waals surface area contributed by atoms with Crippen LogP contribution in [-0.4, -0.2) is 35.6 Å². The number of imide groups is 1. The molecule has 0 spiro atoms. The van der Waals surface area contributed by atoms with Gasteiger partial charge < -0.3 is 14.8 Å². The molecule has 0 atom stereocenters. The van der Waals surface area contributed by atoms with Gasteiger partial charge in [0.2, 0.25) is 0 Å². The van der Waals surface area contributed by atoms with Crippen molar-refractivity contribution in [2.24, 2.45) is 0 Å². The van der Waals surface area contributed by atoms with Gasteiger partial charge in [0.25, 0.3) is 5.91 Å². The highest BCUT2D eigenvalue weighted by Crippen LogP contribution is 2.38. The summed E-state index contributed by atoms with van der Waals surface area (Å²) in [5.74, 6) is 0.881. The third-order valence-electron chi connectivity index (χ3n) is 4.66. The van der Waals surface area contributed by atoms with Crippen LogP contribution >= 0.6 is 11.6 Å². The molecule has 2 heterocycles. The van der Waals surface area contributed by atoms with Crippen LogP contribution in [0, 0.1) is 0 Å². The van der Waals surface area contributed by atoms with E-state index in [2.05, 4.69) is 5.32 Å². The molecule has 1 N–H and O–H groups in total. The third-order valence-corrected chi connectivity index (χ3v) is 4.94. The average molecular weight is 353 g/mol. The Balaban J connectivity index is 1.86. The van der Waals surface area contributed by atoms with Gasteiger partial charge >= 0.3 is 6.03 Å². The van der Waals surface area contributed by atoms with Gasteiger partial charge in [0.05, 0.1) is 24.8 Å². The van der Waals surface area contributed by atoms with Crippen molar-refractivity contribution < 1.29 is 19.1 Å². The lowest BCUT2D eigenvalue weighted by Crippen LogP contribution is -2.45. The molecule has 2 aliphatic rings. The molecule has 1 aromatic carbocycles. The van der Waals surface area contributed by atoms with E-state index in [0.29, 0.717) is 42.6 Å². The number of hydrogen-bond acceptors (Lipinski definition) is 4. The van der Waals surface area contributed by atoms with Crippen molar-refractivity contribution in [2.75, 3.05) is 13.2 Å². The van der Waals surface area contributed by atoms with Crippen LogP contribution in [-0.2, 0) is 11.3 Å². The molecule has 3 amide bonds. The first-order valence-electron chi connectivity index (χ1n) is 8.23. The maximum Gasteiger partial charge on any atom is 0.325 e. The molecule has 1 saturated heterocycles. The van der Waals surface area contributed by atoms with Crippen LogP contribution in [0.25, 0.3) is 0 Å². The van der Waals surface area contributed by atoms with E-state index in [1.165, 1.54) is 4.90 Å². The van der Waals surface area contributed by atoms with E-state index in [-0.39, 0.29) is 18.5 Å². The van der Waals surface area contributed by atoms with E-state index in [1.54, 1.807) is 12.1 Å². The second-order valence-electron chi connectivity index (χ2n) is 6.07. The summed E-state index contributed by atoms with van der Waals surface area (Å²) < 4.78 is 11.3.